The zero-order valence-electron chi connectivity index (χ0n) is 17.8. The third-order valence-corrected chi connectivity index (χ3v) is 5.58. The number of hydrogen-bond donors (Lipinski definition) is 0. The molecule has 8 nitrogen and oxygen atoms in total. The molecule has 0 unspecified atom stereocenters. The normalized spacial score (nSPS) is 15.1. The second-order valence-corrected chi connectivity index (χ2v) is 9.10. The minimum Gasteiger partial charge on any atom is -0.443 e. The maximum atomic E-state index is 12.9. The average Bonchev–Trinajstić information content (AvgIpc) is 3.24. The summed E-state index contributed by atoms with van der Waals surface area (Å²) in [6.07, 6.45) is 5.64. The van der Waals surface area contributed by atoms with Crippen molar-refractivity contribution in [2.24, 2.45) is 0 Å². The van der Waals surface area contributed by atoms with E-state index in [1.165, 1.54) is 21.8 Å². The Morgan fingerprint density at radius 2 is 1.83 bits per heavy atom. The predicted molar refractivity (Wildman–Crippen MR) is 117 cm³/mol. The van der Waals surface area contributed by atoms with E-state index >= 15 is 0 Å². The molecular weight excluding hydrogens is 402 g/mol. The lowest BCUT2D eigenvalue weighted by atomic mass is 10.2. The first-order chi connectivity index (χ1) is 14.3. The maximum Gasteiger partial charge on any atom is 0.415 e. The van der Waals surface area contributed by atoms with E-state index in [1.54, 1.807) is 11.7 Å². The van der Waals surface area contributed by atoms with Gasteiger partial charge in [-0.2, -0.15) is 0 Å². The summed E-state index contributed by atoms with van der Waals surface area (Å²) in [5.41, 5.74) is 2.27. The molecular formula is C21H29N5O3S. The highest BCUT2D eigenvalue weighted by Gasteiger charge is 2.29. The molecule has 0 aromatic carbocycles. The summed E-state index contributed by atoms with van der Waals surface area (Å²) in [5, 5.41) is 0.605. The molecule has 1 fully saturated rings. The first-order valence-corrected chi connectivity index (χ1v) is 11.0. The van der Waals surface area contributed by atoms with Gasteiger partial charge in [0, 0.05) is 45.1 Å². The molecule has 2 amide bonds. The number of amides is 2. The van der Waals surface area contributed by atoms with Crippen molar-refractivity contribution in [2.75, 3.05) is 44.2 Å². The van der Waals surface area contributed by atoms with Gasteiger partial charge in [0.25, 0.3) is 0 Å². The molecule has 1 aliphatic rings. The summed E-state index contributed by atoms with van der Waals surface area (Å²) in [4.78, 5) is 39.2. The standard InChI is InChI=1S/C21H29N5O3S/c1-21(2,3)29-20(28)26(19-14-23-16-30-19)15-18(27)25-12-10-24(11-13-25)9-6-17-4-7-22-8-5-17/h4-5,7-8,14,16H,6,9-13,15H2,1-3H3. The van der Waals surface area contributed by atoms with Crippen molar-refractivity contribution in [2.45, 2.75) is 32.8 Å². The topological polar surface area (TPSA) is 78.9 Å². The van der Waals surface area contributed by atoms with Crippen LogP contribution in [-0.2, 0) is 16.0 Å². The molecule has 162 valence electrons. The highest BCUT2D eigenvalue weighted by Crippen LogP contribution is 2.22. The molecule has 9 heteroatoms. The fraction of sp³-hybridized carbons (Fsp3) is 0.524. The third-order valence-electron chi connectivity index (χ3n) is 4.78. The number of anilines is 1. The second kappa shape index (κ2) is 9.99. The van der Waals surface area contributed by atoms with Gasteiger partial charge in [0.1, 0.15) is 17.1 Å². The van der Waals surface area contributed by atoms with Crippen LogP contribution in [0, 0.1) is 0 Å². The quantitative estimate of drug-likeness (QED) is 0.700. The predicted octanol–water partition coefficient (Wildman–Crippen LogP) is 2.67. The Bertz CT molecular complexity index is 815. The van der Waals surface area contributed by atoms with E-state index < -0.39 is 11.7 Å². The number of carbonyl (C=O) groups excluding carboxylic acids is 2. The van der Waals surface area contributed by atoms with Gasteiger partial charge >= 0.3 is 6.09 Å². The Hall–Kier alpha value is -2.52. The number of piperazine rings is 1. The van der Waals surface area contributed by atoms with Crippen molar-refractivity contribution in [3.8, 4) is 0 Å². The fourth-order valence-electron chi connectivity index (χ4n) is 3.18. The van der Waals surface area contributed by atoms with E-state index in [9.17, 15) is 9.59 Å². The van der Waals surface area contributed by atoms with Crippen LogP contribution >= 0.6 is 11.3 Å². The molecule has 3 heterocycles. The smallest absolute Gasteiger partial charge is 0.415 e. The second-order valence-electron chi connectivity index (χ2n) is 8.23. The molecule has 0 saturated carbocycles. The van der Waals surface area contributed by atoms with E-state index in [0.717, 1.165) is 26.1 Å². The van der Waals surface area contributed by atoms with E-state index in [0.29, 0.717) is 18.1 Å². The number of hydrogen-bond acceptors (Lipinski definition) is 7. The van der Waals surface area contributed by atoms with Crippen molar-refractivity contribution in [3.63, 3.8) is 0 Å². The molecule has 30 heavy (non-hydrogen) atoms. The van der Waals surface area contributed by atoms with Crippen LogP contribution in [0.1, 0.15) is 26.3 Å². The Balaban J connectivity index is 1.52. The molecule has 0 N–H and O–H groups in total. The van der Waals surface area contributed by atoms with Crippen LogP contribution in [0.4, 0.5) is 9.80 Å². The molecule has 0 atom stereocenters. The van der Waals surface area contributed by atoms with Gasteiger partial charge in [0.05, 0.1) is 11.7 Å². The van der Waals surface area contributed by atoms with Gasteiger partial charge in [0.15, 0.2) is 0 Å². The minimum absolute atomic E-state index is 0.0475. The SMILES string of the molecule is CC(C)(C)OC(=O)N(CC(=O)N1CCN(CCc2ccncc2)CC1)c1cncs1. The monoisotopic (exact) mass is 431 g/mol. The van der Waals surface area contributed by atoms with Crippen LogP contribution < -0.4 is 4.90 Å². The molecule has 2 aromatic heterocycles. The molecule has 1 saturated heterocycles. The van der Waals surface area contributed by atoms with E-state index in [2.05, 4.69) is 14.9 Å². The minimum atomic E-state index is -0.635. The number of thiazole rings is 1. The van der Waals surface area contributed by atoms with Crippen LogP contribution in [0.3, 0.4) is 0 Å². The van der Waals surface area contributed by atoms with Gasteiger partial charge in [0.2, 0.25) is 5.91 Å². The first kappa shape index (κ1) is 22.2. The number of rotatable bonds is 6. The average molecular weight is 432 g/mol. The molecule has 3 rings (SSSR count). The number of nitrogens with zero attached hydrogens (tertiary/aromatic N) is 5. The Kier molecular flexibility index (Phi) is 7.38. The van der Waals surface area contributed by atoms with Gasteiger partial charge in [-0.25, -0.2) is 4.79 Å². The molecule has 0 aliphatic carbocycles. The highest BCUT2D eigenvalue weighted by molar-refractivity contribution is 7.14. The zero-order valence-corrected chi connectivity index (χ0v) is 18.6. The maximum absolute atomic E-state index is 12.9. The van der Waals surface area contributed by atoms with Gasteiger partial charge < -0.3 is 9.64 Å². The summed E-state index contributed by atoms with van der Waals surface area (Å²) in [7, 11) is 0. The van der Waals surface area contributed by atoms with Crippen molar-refractivity contribution in [3.05, 3.63) is 41.8 Å². The number of aromatic nitrogens is 2. The third kappa shape index (κ3) is 6.50. The number of carbonyl (C=O) groups is 2. The van der Waals surface area contributed by atoms with Crippen molar-refractivity contribution < 1.29 is 14.3 Å². The highest BCUT2D eigenvalue weighted by atomic mass is 32.1. The number of ether oxygens (including phenoxy) is 1. The summed E-state index contributed by atoms with van der Waals surface area (Å²) in [5.74, 6) is -0.0805. The summed E-state index contributed by atoms with van der Waals surface area (Å²) < 4.78 is 5.49. The largest absolute Gasteiger partial charge is 0.443 e. The van der Waals surface area contributed by atoms with Crippen LogP contribution in [-0.4, -0.2) is 76.6 Å². The first-order valence-electron chi connectivity index (χ1n) is 10.1. The summed E-state index contributed by atoms with van der Waals surface area (Å²) in [6.45, 7) is 9.28. The van der Waals surface area contributed by atoms with Crippen molar-refractivity contribution >= 4 is 28.3 Å². The Labute approximate surface area is 181 Å². The Morgan fingerprint density at radius 1 is 1.13 bits per heavy atom. The van der Waals surface area contributed by atoms with Crippen LogP contribution in [0.5, 0.6) is 0 Å². The number of pyridine rings is 1. The molecule has 2 aromatic rings. The molecule has 0 bridgehead atoms. The summed E-state index contributed by atoms with van der Waals surface area (Å²) >= 11 is 1.31. The van der Waals surface area contributed by atoms with Crippen LogP contribution in [0.15, 0.2) is 36.2 Å². The van der Waals surface area contributed by atoms with Crippen molar-refractivity contribution in [1.29, 1.82) is 0 Å². The molecule has 1 aliphatic heterocycles. The van der Waals surface area contributed by atoms with Crippen molar-refractivity contribution in [1.82, 2.24) is 19.8 Å². The van der Waals surface area contributed by atoms with E-state index in [-0.39, 0.29) is 12.5 Å². The lowest BCUT2D eigenvalue weighted by Crippen LogP contribution is -2.52. The van der Waals surface area contributed by atoms with E-state index in [4.69, 9.17) is 4.74 Å². The van der Waals surface area contributed by atoms with Gasteiger partial charge in [-0.15, -0.1) is 11.3 Å². The lowest BCUT2D eigenvalue weighted by molar-refractivity contribution is -0.131. The van der Waals surface area contributed by atoms with Gasteiger partial charge in [-0.05, 0) is 44.9 Å². The molecule has 0 spiro atoms. The zero-order chi connectivity index (χ0) is 21.6. The molecule has 0 radical (unpaired) electrons. The Morgan fingerprint density at radius 3 is 2.43 bits per heavy atom. The summed E-state index contributed by atoms with van der Waals surface area (Å²) in [6, 6.07) is 4.06. The lowest BCUT2D eigenvalue weighted by Gasteiger charge is -2.35. The van der Waals surface area contributed by atoms with E-state index in [1.807, 2.05) is 50.2 Å². The van der Waals surface area contributed by atoms with Crippen LogP contribution in [0.25, 0.3) is 0 Å². The van der Waals surface area contributed by atoms with Crippen LogP contribution in [0.2, 0.25) is 0 Å². The van der Waals surface area contributed by atoms with Gasteiger partial charge in [-0.1, -0.05) is 0 Å². The fourth-order valence-corrected chi connectivity index (χ4v) is 3.80. The van der Waals surface area contributed by atoms with Gasteiger partial charge in [-0.3, -0.25) is 24.6 Å².